The maximum Gasteiger partial charge on any atom is 0.354 e. The van der Waals surface area contributed by atoms with Gasteiger partial charge in [-0.05, 0) is 44.5 Å². The number of aromatic amines is 1. The zero-order valence-electron chi connectivity index (χ0n) is 14.0. The van der Waals surface area contributed by atoms with E-state index in [1.165, 1.54) is 6.07 Å². The van der Waals surface area contributed by atoms with E-state index in [9.17, 15) is 18.3 Å². The molecule has 0 atom stereocenters. The average Bonchev–Trinajstić information content (AvgIpc) is 2.84. The maximum absolute atomic E-state index is 12.8. The average molecular weight is 358 g/mol. The van der Waals surface area contributed by atoms with Gasteiger partial charge in [-0.15, -0.1) is 0 Å². The van der Waals surface area contributed by atoms with Gasteiger partial charge in [0.1, 0.15) is 5.69 Å². The van der Waals surface area contributed by atoms with E-state index in [2.05, 4.69) is 9.71 Å². The molecule has 0 spiro atoms. The Labute approximate surface area is 145 Å². The first kappa shape index (κ1) is 17.0. The third-order valence-corrected chi connectivity index (χ3v) is 5.53. The van der Waals surface area contributed by atoms with E-state index >= 15 is 0 Å². The fraction of sp³-hybridized carbons (Fsp3) is 0.167. The van der Waals surface area contributed by atoms with Crippen LogP contribution in [0.1, 0.15) is 27.2 Å². The summed E-state index contributed by atoms with van der Waals surface area (Å²) in [5, 5.41) is 9.95. The minimum absolute atomic E-state index is 0.0474. The summed E-state index contributed by atoms with van der Waals surface area (Å²) in [5.41, 5.74) is 2.86. The number of aryl methyl sites for hydroxylation is 3. The predicted octanol–water partition coefficient (Wildman–Crippen LogP) is 3.59. The molecule has 25 heavy (non-hydrogen) atoms. The Balaban J connectivity index is 2.17. The molecule has 0 radical (unpaired) electrons. The fourth-order valence-electron chi connectivity index (χ4n) is 2.86. The number of anilines is 1. The normalized spacial score (nSPS) is 11.6. The minimum Gasteiger partial charge on any atom is -0.477 e. The van der Waals surface area contributed by atoms with Crippen molar-refractivity contribution < 1.29 is 18.3 Å². The number of hydrogen-bond donors (Lipinski definition) is 3. The molecular weight excluding hydrogens is 340 g/mol. The van der Waals surface area contributed by atoms with E-state index < -0.39 is 16.0 Å². The lowest BCUT2D eigenvalue weighted by Crippen LogP contribution is -2.16. The molecule has 2 aromatic carbocycles. The van der Waals surface area contributed by atoms with Gasteiger partial charge >= 0.3 is 5.97 Å². The highest BCUT2D eigenvalue weighted by atomic mass is 32.2. The first-order chi connectivity index (χ1) is 11.7. The second-order valence-corrected chi connectivity index (χ2v) is 7.75. The van der Waals surface area contributed by atoms with E-state index in [-0.39, 0.29) is 16.3 Å². The summed E-state index contributed by atoms with van der Waals surface area (Å²) < 4.78 is 28.1. The summed E-state index contributed by atoms with van der Waals surface area (Å²) in [7, 11) is -3.92. The molecular formula is C18H18N2O4S. The highest BCUT2D eigenvalue weighted by Gasteiger charge is 2.24. The molecule has 7 heteroatoms. The predicted molar refractivity (Wildman–Crippen MR) is 96.7 cm³/mol. The quantitative estimate of drug-likeness (QED) is 0.663. The largest absolute Gasteiger partial charge is 0.477 e. The van der Waals surface area contributed by atoms with Gasteiger partial charge in [-0.1, -0.05) is 29.3 Å². The van der Waals surface area contributed by atoms with Gasteiger partial charge in [0.05, 0.1) is 10.6 Å². The van der Waals surface area contributed by atoms with Crippen molar-refractivity contribution in [3.05, 3.63) is 58.8 Å². The number of benzene rings is 2. The number of aromatic nitrogens is 1. The molecule has 1 heterocycles. The Hall–Kier alpha value is -2.80. The Bertz CT molecular complexity index is 1100. The first-order valence-corrected chi connectivity index (χ1v) is 9.13. The van der Waals surface area contributed by atoms with Gasteiger partial charge < -0.3 is 10.1 Å². The lowest BCUT2D eigenvalue weighted by Gasteiger charge is -2.11. The lowest BCUT2D eigenvalue weighted by molar-refractivity contribution is 0.0692. The van der Waals surface area contributed by atoms with Crippen molar-refractivity contribution in [2.45, 2.75) is 25.7 Å². The Morgan fingerprint density at radius 2 is 1.68 bits per heavy atom. The third kappa shape index (κ3) is 3.10. The molecule has 130 valence electrons. The molecule has 0 unspecified atom stereocenters. The van der Waals surface area contributed by atoms with Crippen molar-refractivity contribution in [3.8, 4) is 0 Å². The number of H-pyrrole nitrogens is 1. The number of carbonyl (C=O) groups is 1. The molecule has 3 aromatic rings. The third-order valence-electron chi connectivity index (χ3n) is 4.02. The highest BCUT2D eigenvalue weighted by Crippen LogP contribution is 2.31. The molecule has 0 saturated heterocycles. The minimum atomic E-state index is -3.92. The zero-order valence-corrected chi connectivity index (χ0v) is 14.9. The van der Waals surface area contributed by atoms with Crippen molar-refractivity contribution in [2.75, 3.05) is 4.72 Å². The highest BCUT2D eigenvalue weighted by molar-refractivity contribution is 7.92. The topological polar surface area (TPSA) is 99.3 Å². The van der Waals surface area contributed by atoms with Crippen LogP contribution in [0, 0.1) is 20.8 Å². The van der Waals surface area contributed by atoms with Gasteiger partial charge in [0, 0.05) is 10.9 Å². The molecule has 0 fully saturated rings. The molecule has 0 aliphatic heterocycles. The summed E-state index contributed by atoms with van der Waals surface area (Å²) in [6, 6.07) is 10.3. The summed E-state index contributed by atoms with van der Waals surface area (Å²) in [6.07, 6.45) is 0. The van der Waals surface area contributed by atoms with Crippen LogP contribution >= 0.6 is 0 Å². The van der Waals surface area contributed by atoms with E-state index in [1.807, 2.05) is 19.9 Å². The van der Waals surface area contributed by atoms with Crippen LogP contribution in [0.3, 0.4) is 0 Å². The van der Waals surface area contributed by atoms with Gasteiger partial charge in [0.15, 0.2) is 0 Å². The molecule has 0 bridgehead atoms. The first-order valence-electron chi connectivity index (χ1n) is 7.65. The smallest absolute Gasteiger partial charge is 0.354 e. The SMILES string of the molecule is Cc1ccc(S(=O)(=O)Nc2c(C(=O)O)[nH]c3ccc(C)cc23)c(C)c1. The maximum atomic E-state index is 12.8. The lowest BCUT2D eigenvalue weighted by atomic mass is 10.1. The molecule has 0 saturated carbocycles. The van der Waals surface area contributed by atoms with Crippen molar-refractivity contribution in [1.82, 2.24) is 4.98 Å². The fourth-order valence-corrected chi connectivity index (χ4v) is 4.18. The Morgan fingerprint density at radius 1 is 1.04 bits per heavy atom. The van der Waals surface area contributed by atoms with E-state index in [0.717, 1.165) is 11.1 Å². The number of sulfonamides is 1. The Kier molecular flexibility index (Phi) is 4.04. The summed E-state index contributed by atoms with van der Waals surface area (Å²) in [4.78, 5) is 14.4. The van der Waals surface area contributed by atoms with Crippen LogP contribution in [0.15, 0.2) is 41.3 Å². The second-order valence-electron chi connectivity index (χ2n) is 6.10. The molecule has 1 aromatic heterocycles. The molecule has 0 aliphatic rings. The molecule has 0 amide bonds. The zero-order chi connectivity index (χ0) is 18.4. The van der Waals surface area contributed by atoms with Gasteiger partial charge in [0.2, 0.25) is 0 Å². The van der Waals surface area contributed by atoms with Gasteiger partial charge in [0.25, 0.3) is 10.0 Å². The van der Waals surface area contributed by atoms with Crippen molar-refractivity contribution in [1.29, 1.82) is 0 Å². The van der Waals surface area contributed by atoms with Gasteiger partial charge in [-0.3, -0.25) is 4.72 Å². The number of hydrogen-bond acceptors (Lipinski definition) is 3. The van der Waals surface area contributed by atoms with Crippen LogP contribution in [0.25, 0.3) is 10.9 Å². The van der Waals surface area contributed by atoms with Gasteiger partial charge in [-0.25, -0.2) is 13.2 Å². The summed E-state index contributed by atoms with van der Waals surface area (Å²) in [5.74, 6) is -1.23. The summed E-state index contributed by atoms with van der Waals surface area (Å²) in [6.45, 7) is 5.44. The van der Waals surface area contributed by atoms with Crippen molar-refractivity contribution in [2.24, 2.45) is 0 Å². The number of carboxylic acid groups (broad SMARTS) is 1. The number of rotatable bonds is 4. The molecule has 3 N–H and O–H groups in total. The monoisotopic (exact) mass is 358 g/mol. The van der Waals surface area contributed by atoms with Crippen molar-refractivity contribution in [3.63, 3.8) is 0 Å². The van der Waals surface area contributed by atoms with Crippen LogP contribution in [0.2, 0.25) is 0 Å². The number of nitrogens with one attached hydrogen (secondary N) is 2. The van der Waals surface area contributed by atoms with E-state index in [4.69, 9.17) is 0 Å². The molecule has 6 nitrogen and oxygen atoms in total. The van der Waals surface area contributed by atoms with E-state index in [0.29, 0.717) is 16.5 Å². The van der Waals surface area contributed by atoms with Crippen LogP contribution < -0.4 is 4.72 Å². The second kappa shape index (κ2) is 5.93. The van der Waals surface area contributed by atoms with Crippen LogP contribution in [0.5, 0.6) is 0 Å². The van der Waals surface area contributed by atoms with Gasteiger partial charge in [-0.2, -0.15) is 0 Å². The van der Waals surface area contributed by atoms with Crippen LogP contribution in [-0.4, -0.2) is 24.5 Å². The number of carboxylic acids is 1. The molecule has 3 rings (SSSR count). The number of fused-ring (bicyclic) bond motifs is 1. The van der Waals surface area contributed by atoms with Crippen LogP contribution in [-0.2, 0) is 10.0 Å². The molecule has 0 aliphatic carbocycles. The summed E-state index contributed by atoms with van der Waals surface area (Å²) >= 11 is 0. The van der Waals surface area contributed by atoms with E-state index in [1.54, 1.807) is 31.2 Å². The standard InChI is InChI=1S/C18H18N2O4S/c1-10-5-7-15(12(3)8-10)25(23,24)20-16-13-9-11(2)4-6-14(13)19-17(16)18(21)22/h4-9,19-20H,1-3H3,(H,21,22). The Morgan fingerprint density at radius 3 is 2.32 bits per heavy atom. The van der Waals surface area contributed by atoms with Crippen LogP contribution in [0.4, 0.5) is 5.69 Å². The van der Waals surface area contributed by atoms with Crippen molar-refractivity contribution >= 4 is 32.6 Å². The number of aromatic carboxylic acids is 1.